The first kappa shape index (κ1) is 27.6. The summed E-state index contributed by atoms with van der Waals surface area (Å²) in [7, 11) is 0. The number of benzene rings is 2. The Labute approximate surface area is 229 Å². The van der Waals surface area contributed by atoms with Gasteiger partial charge in [0.15, 0.2) is 0 Å². The molecule has 198 valence electrons. The van der Waals surface area contributed by atoms with Gasteiger partial charge in [-0.2, -0.15) is 0 Å². The van der Waals surface area contributed by atoms with E-state index in [1.807, 2.05) is 32.0 Å². The summed E-state index contributed by atoms with van der Waals surface area (Å²) in [6.45, 7) is 8.94. The minimum Gasteiger partial charge on any atom is -0.490 e. The van der Waals surface area contributed by atoms with Gasteiger partial charge in [0.25, 0.3) is 0 Å². The number of nitrogens with one attached hydrogen (secondary N) is 1. The zero-order valence-electron chi connectivity index (χ0n) is 22.7. The number of terminal acetylenes is 1. The molecule has 6 nitrogen and oxygen atoms in total. The van der Waals surface area contributed by atoms with E-state index in [9.17, 15) is 0 Å². The third-order valence-corrected chi connectivity index (χ3v) is 7.40. The molecule has 4 aromatic rings. The number of hydrogen-bond acceptors (Lipinski definition) is 7. The van der Waals surface area contributed by atoms with Crippen LogP contribution >= 0.6 is 11.3 Å². The Balaban J connectivity index is 0.000000786. The van der Waals surface area contributed by atoms with Crippen molar-refractivity contribution in [1.82, 2.24) is 20.5 Å². The molecule has 1 N–H and O–H groups in total. The maximum atomic E-state index is 5.83. The fourth-order valence-electron chi connectivity index (χ4n) is 4.39. The van der Waals surface area contributed by atoms with Gasteiger partial charge in [0.2, 0.25) is 5.89 Å². The van der Waals surface area contributed by atoms with E-state index < -0.39 is 0 Å². The van der Waals surface area contributed by atoms with Crippen LogP contribution in [0.3, 0.4) is 0 Å². The summed E-state index contributed by atoms with van der Waals surface area (Å²) in [6, 6.07) is 12.6. The second kappa shape index (κ2) is 13.4. The normalized spacial score (nSPS) is 14.4. The zero-order valence-corrected chi connectivity index (χ0v) is 23.5. The molecule has 1 aliphatic carbocycles. The second-order valence-electron chi connectivity index (χ2n) is 9.56. The van der Waals surface area contributed by atoms with Crippen molar-refractivity contribution in [3.8, 4) is 39.2 Å². The summed E-state index contributed by atoms with van der Waals surface area (Å²) in [4.78, 5) is 4.22. The van der Waals surface area contributed by atoms with Crippen molar-refractivity contribution in [2.45, 2.75) is 78.5 Å². The van der Waals surface area contributed by atoms with Crippen LogP contribution in [0.1, 0.15) is 82.0 Å². The van der Waals surface area contributed by atoms with Crippen LogP contribution < -0.4 is 10.1 Å². The van der Waals surface area contributed by atoms with Crippen LogP contribution in [0.2, 0.25) is 0 Å². The van der Waals surface area contributed by atoms with Gasteiger partial charge < -0.3 is 14.5 Å². The Bertz CT molecular complexity index is 1350. The number of hydrogen-bond donors (Lipinski definition) is 1. The number of fused-ring (bicyclic) bond motifs is 1. The number of rotatable bonds is 8. The molecule has 2 aromatic heterocycles. The van der Waals surface area contributed by atoms with Crippen LogP contribution in [0.5, 0.6) is 5.75 Å². The average molecular weight is 529 g/mol. The van der Waals surface area contributed by atoms with Crippen LogP contribution in [0.15, 0.2) is 53.3 Å². The molecule has 0 bridgehead atoms. The Morgan fingerprint density at radius 1 is 1.16 bits per heavy atom. The minimum absolute atomic E-state index is 0.0593. The van der Waals surface area contributed by atoms with Crippen LogP contribution in [0, 0.1) is 12.3 Å². The van der Waals surface area contributed by atoms with Crippen molar-refractivity contribution in [2.24, 2.45) is 0 Å². The van der Waals surface area contributed by atoms with E-state index in [2.05, 4.69) is 58.5 Å². The Morgan fingerprint density at radius 2 is 1.97 bits per heavy atom. The molecule has 0 amide bonds. The van der Waals surface area contributed by atoms with Crippen molar-refractivity contribution >= 4 is 11.3 Å². The zero-order chi connectivity index (χ0) is 26.9. The topological polar surface area (TPSA) is 73.1 Å². The highest BCUT2D eigenvalue weighted by Crippen LogP contribution is 2.39. The van der Waals surface area contributed by atoms with Gasteiger partial charge in [-0.3, -0.25) is 0 Å². The van der Waals surface area contributed by atoms with E-state index in [0.29, 0.717) is 18.2 Å². The van der Waals surface area contributed by atoms with Crippen molar-refractivity contribution < 1.29 is 9.15 Å². The van der Waals surface area contributed by atoms with Crippen molar-refractivity contribution in [2.75, 3.05) is 0 Å². The fourth-order valence-corrected chi connectivity index (χ4v) is 5.29. The molecule has 7 heteroatoms. The lowest BCUT2D eigenvalue weighted by molar-refractivity contribution is 0.242. The summed E-state index contributed by atoms with van der Waals surface area (Å²) >= 11 is 1.59. The first-order valence-corrected chi connectivity index (χ1v) is 14.2. The summed E-state index contributed by atoms with van der Waals surface area (Å²) in [6.07, 6.45) is 14.9. The molecule has 2 aromatic carbocycles. The highest BCUT2D eigenvalue weighted by molar-refractivity contribution is 7.17. The highest BCUT2D eigenvalue weighted by atomic mass is 32.1. The lowest BCUT2D eigenvalue weighted by Crippen LogP contribution is -2.25. The Hall–Kier alpha value is -3.47. The van der Waals surface area contributed by atoms with E-state index in [1.165, 1.54) is 24.0 Å². The number of aromatic nitrogens is 3. The standard InChI is InChI=1S/C27H26N4O2S.C4H10/c1-4-18-15-19(11-12-24(18)33-17(2)3)26-30-31-27(34-26)22-9-5-8-21-20(22)7-6-10-23(21)29-16-25-28-13-14-32-25;1-3-4-2/h1,5,8-9,11-15,17,23,29H,6-7,10,16H2,2-3H3;3-4H2,1-2H3. The molecular formula is C31H36N4O2S. The van der Waals surface area contributed by atoms with Crippen LogP contribution in [0.25, 0.3) is 21.1 Å². The molecule has 1 unspecified atom stereocenters. The van der Waals surface area contributed by atoms with Gasteiger partial charge in [-0.15, -0.1) is 16.6 Å². The lowest BCUT2D eigenvalue weighted by atomic mass is 9.85. The smallest absolute Gasteiger partial charge is 0.207 e. The molecule has 1 aliphatic rings. The summed E-state index contributed by atoms with van der Waals surface area (Å²) in [5, 5.41) is 14.4. The second-order valence-corrected chi connectivity index (χ2v) is 10.5. The third-order valence-electron chi connectivity index (χ3n) is 6.39. The molecule has 0 saturated heterocycles. The summed E-state index contributed by atoms with van der Waals surface area (Å²) < 4.78 is 11.2. The number of nitrogens with zero attached hydrogens (tertiary/aromatic N) is 3. The van der Waals surface area contributed by atoms with E-state index in [1.54, 1.807) is 23.8 Å². The molecule has 0 saturated carbocycles. The van der Waals surface area contributed by atoms with Crippen LogP contribution in [-0.2, 0) is 13.0 Å². The van der Waals surface area contributed by atoms with Crippen molar-refractivity contribution in [3.63, 3.8) is 0 Å². The van der Waals surface area contributed by atoms with Gasteiger partial charge in [-0.05, 0) is 62.4 Å². The molecule has 2 heterocycles. The molecule has 0 aliphatic heterocycles. The largest absolute Gasteiger partial charge is 0.490 e. The molecule has 1 atom stereocenters. The van der Waals surface area contributed by atoms with Gasteiger partial charge in [0.1, 0.15) is 22.0 Å². The van der Waals surface area contributed by atoms with Crippen molar-refractivity contribution in [1.29, 1.82) is 0 Å². The first-order chi connectivity index (χ1) is 18.5. The predicted molar refractivity (Wildman–Crippen MR) is 154 cm³/mol. The van der Waals surface area contributed by atoms with E-state index >= 15 is 0 Å². The van der Waals surface area contributed by atoms with Crippen molar-refractivity contribution in [3.05, 3.63) is 71.4 Å². The molecular weight excluding hydrogens is 492 g/mol. The summed E-state index contributed by atoms with van der Waals surface area (Å²) in [5.74, 6) is 4.15. The minimum atomic E-state index is 0.0593. The maximum Gasteiger partial charge on any atom is 0.207 e. The highest BCUT2D eigenvalue weighted by Gasteiger charge is 2.24. The quantitative estimate of drug-likeness (QED) is 0.237. The fraction of sp³-hybridized carbons (Fsp3) is 0.387. The monoisotopic (exact) mass is 528 g/mol. The number of ether oxygens (including phenoxy) is 1. The van der Waals surface area contributed by atoms with Gasteiger partial charge in [-0.1, -0.05) is 62.1 Å². The number of oxazole rings is 1. The van der Waals surface area contributed by atoms with Gasteiger partial charge in [0, 0.05) is 17.2 Å². The molecule has 5 rings (SSSR count). The number of unbranched alkanes of at least 4 members (excludes halogenated alkanes) is 1. The predicted octanol–water partition coefficient (Wildman–Crippen LogP) is 7.60. The SMILES string of the molecule is C#Cc1cc(-c2nnc(-c3cccc4c3CCCC4NCc3ncco3)s2)ccc1OC(C)C.CCCC. The Morgan fingerprint density at radius 3 is 2.68 bits per heavy atom. The van der Waals surface area contributed by atoms with E-state index in [4.69, 9.17) is 15.6 Å². The third kappa shape index (κ3) is 6.69. The summed E-state index contributed by atoms with van der Waals surface area (Å²) in [5.41, 5.74) is 5.48. The average Bonchev–Trinajstić information content (AvgIpc) is 3.64. The molecule has 0 radical (unpaired) electrons. The van der Waals surface area contributed by atoms with E-state index in [0.717, 1.165) is 46.0 Å². The van der Waals surface area contributed by atoms with Gasteiger partial charge in [-0.25, -0.2) is 4.98 Å². The molecule has 0 fully saturated rings. The maximum absolute atomic E-state index is 5.83. The van der Waals surface area contributed by atoms with Crippen LogP contribution in [0.4, 0.5) is 0 Å². The molecule has 38 heavy (non-hydrogen) atoms. The van der Waals surface area contributed by atoms with Gasteiger partial charge in [0.05, 0.1) is 24.4 Å². The first-order valence-electron chi connectivity index (χ1n) is 13.4. The van der Waals surface area contributed by atoms with E-state index in [-0.39, 0.29) is 12.1 Å². The molecule has 0 spiro atoms. The van der Waals surface area contributed by atoms with Gasteiger partial charge >= 0.3 is 0 Å². The Kier molecular flexibility index (Phi) is 9.69. The lowest BCUT2D eigenvalue weighted by Gasteiger charge is -2.27. The van der Waals surface area contributed by atoms with Crippen LogP contribution in [-0.4, -0.2) is 21.3 Å².